The van der Waals surface area contributed by atoms with Crippen molar-refractivity contribution in [2.45, 2.75) is 36.2 Å². The normalized spacial score (nSPS) is 16.4. The van der Waals surface area contributed by atoms with Crippen molar-refractivity contribution in [1.29, 1.82) is 0 Å². The van der Waals surface area contributed by atoms with E-state index in [0.717, 1.165) is 6.42 Å². The molecule has 0 spiro atoms. The summed E-state index contributed by atoms with van der Waals surface area (Å²) in [6.45, 7) is 2.62. The van der Waals surface area contributed by atoms with E-state index in [2.05, 4.69) is 29.5 Å². The summed E-state index contributed by atoms with van der Waals surface area (Å²) in [5.74, 6) is 0. The van der Waals surface area contributed by atoms with Gasteiger partial charge in [0.1, 0.15) is 0 Å². The van der Waals surface area contributed by atoms with Crippen molar-refractivity contribution in [1.82, 2.24) is 0 Å². The fourth-order valence-electron chi connectivity index (χ4n) is 0.987. The Morgan fingerprint density at radius 3 is 2.64 bits per heavy atom. The first-order valence-corrected chi connectivity index (χ1v) is 5.26. The molecule has 0 rings (SSSR count). The lowest BCUT2D eigenvalue weighted by Crippen LogP contribution is -2.18. The molecule has 0 aliphatic heterocycles. The number of halogens is 1. The number of methoxy groups -OCH3 is 1. The Balaban J connectivity index is 3.32. The Labute approximate surface area is 82.5 Å². The summed E-state index contributed by atoms with van der Waals surface area (Å²) in [6, 6.07) is 0. The van der Waals surface area contributed by atoms with Crippen molar-refractivity contribution in [2.75, 3.05) is 13.7 Å². The summed E-state index contributed by atoms with van der Waals surface area (Å²) in [7, 11) is 1.62. The maximum absolute atomic E-state index is 9.32. The summed E-state index contributed by atoms with van der Waals surface area (Å²) in [5.41, 5.74) is 0. The lowest BCUT2D eigenvalue weighted by Gasteiger charge is -2.13. The first-order chi connectivity index (χ1) is 5.20. The quantitative estimate of drug-likeness (QED) is 0.592. The van der Waals surface area contributed by atoms with E-state index in [-0.39, 0.29) is 6.10 Å². The van der Waals surface area contributed by atoms with Gasteiger partial charge in [-0.15, -0.1) is 0 Å². The highest BCUT2D eigenvalue weighted by atomic mass is 127. The molecule has 2 atom stereocenters. The first kappa shape index (κ1) is 11.6. The molecule has 0 aliphatic carbocycles. The van der Waals surface area contributed by atoms with Gasteiger partial charge in [-0.05, 0) is 12.8 Å². The van der Waals surface area contributed by atoms with E-state index >= 15 is 0 Å². The van der Waals surface area contributed by atoms with E-state index in [4.69, 9.17) is 4.74 Å². The second kappa shape index (κ2) is 7.31. The molecule has 0 aliphatic rings. The largest absolute Gasteiger partial charge is 0.391 e. The van der Waals surface area contributed by atoms with Crippen molar-refractivity contribution in [3.63, 3.8) is 0 Å². The van der Waals surface area contributed by atoms with Crippen LogP contribution >= 0.6 is 22.6 Å². The van der Waals surface area contributed by atoms with Crippen molar-refractivity contribution < 1.29 is 9.84 Å². The molecule has 0 fully saturated rings. The number of alkyl halides is 1. The van der Waals surface area contributed by atoms with Gasteiger partial charge in [-0.1, -0.05) is 35.9 Å². The van der Waals surface area contributed by atoms with Crippen molar-refractivity contribution in [2.24, 2.45) is 0 Å². The number of aliphatic hydroxyl groups is 1. The van der Waals surface area contributed by atoms with Crippen LogP contribution in [0.3, 0.4) is 0 Å². The zero-order chi connectivity index (χ0) is 8.69. The van der Waals surface area contributed by atoms with Crippen LogP contribution in [0.1, 0.15) is 26.2 Å². The minimum Gasteiger partial charge on any atom is -0.391 e. The molecule has 11 heavy (non-hydrogen) atoms. The Morgan fingerprint density at radius 1 is 1.55 bits per heavy atom. The molecule has 0 heterocycles. The Morgan fingerprint density at radius 2 is 2.18 bits per heavy atom. The molecule has 1 N–H and O–H groups in total. The van der Waals surface area contributed by atoms with E-state index in [1.807, 2.05) is 0 Å². The maximum atomic E-state index is 9.32. The highest BCUT2D eigenvalue weighted by Gasteiger charge is 2.09. The van der Waals surface area contributed by atoms with Crippen LogP contribution in [0.5, 0.6) is 0 Å². The SMILES string of the molecule is CCCC(I)CC(O)COC. The van der Waals surface area contributed by atoms with Gasteiger partial charge in [0.05, 0.1) is 12.7 Å². The van der Waals surface area contributed by atoms with Gasteiger partial charge in [0.25, 0.3) is 0 Å². The number of rotatable bonds is 6. The zero-order valence-electron chi connectivity index (χ0n) is 7.22. The standard InChI is InChI=1S/C8H17IO2/c1-3-4-7(9)5-8(10)6-11-2/h7-8,10H,3-6H2,1-2H3. The third-order valence-corrected chi connectivity index (χ3v) is 2.62. The maximum Gasteiger partial charge on any atom is 0.0783 e. The predicted octanol–water partition coefficient (Wildman–Crippen LogP) is 1.99. The molecule has 0 aromatic rings. The van der Waals surface area contributed by atoms with Crippen LogP contribution in [0.2, 0.25) is 0 Å². The Bertz CT molecular complexity index is 78.2. The van der Waals surface area contributed by atoms with Crippen LogP contribution in [0, 0.1) is 0 Å². The van der Waals surface area contributed by atoms with Crippen LogP contribution in [0.4, 0.5) is 0 Å². The number of hydrogen-bond donors (Lipinski definition) is 1. The average Bonchev–Trinajstić information content (AvgIpc) is 1.87. The Kier molecular flexibility index (Phi) is 7.74. The van der Waals surface area contributed by atoms with Crippen LogP contribution in [-0.2, 0) is 4.74 Å². The zero-order valence-corrected chi connectivity index (χ0v) is 9.37. The van der Waals surface area contributed by atoms with Crippen LogP contribution in [0.25, 0.3) is 0 Å². The van der Waals surface area contributed by atoms with Gasteiger partial charge in [0, 0.05) is 11.0 Å². The first-order valence-electron chi connectivity index (χ1n) is 4.01. The molecule has 68 valence electrons. The van der Waals surface area contributed by atoms with Crippen LogP contribution in [0.15, 0.2) is 0 Å². The van der Waals surface area contributed by atoms with Crippen molar-refractivity contribution >= 4 is 22.6 Å². The molecule has 0 amide bonds. The average molecular weight is 272 g/mol. The minimum atomic E-state index is -0.284. The van der Waals surface area contributed by atoms with Gasteiger partial charge in [-0.25, -0.2) is 0 Å². The molecular formula is C8H17IO2. The Hall–Kier alpha value is 0.650. The van der Waals surface area contributed by atoms with Gasteiger partial charge >= 0.3 is 0 Å². The van der Waals surface area contributed by atoms with Crippen LogP contribution in [-0.4, -0.2) is 28.9 Å². The monoisotopic (exact) mass is 272 g/mol. The van der Waals surface area contributed by atoms with Crippen molar-refractivity contribution in [3.05, 3.63) is 0 Å². The fourth-order valence-corrected chi connectivity index (χ4v) is 2.20. The van der Waals surface area contributed by atoms with E-state index in [1.165, 1.54) is 12.8 Å². The highest BCUT2D eigenvalue weighted by molar-refractivity contribution is 14.1. The van der Waals surface area contributed by atoms with Gasteiger partial charge in [0.15, 0.2) is 0 Å². The molecule has 3 heteroatoms. The van der Waals surface area contributed by atoms with Gasteiger partial charge in [0.2, 0.25) is 0 Å². The van der Waals surface area contributed by atoms with Gasteiger partial charge in [-0.3, -0.25) is 0 Å². The number of hydrogen-bond acceptors (Lipinski definition) is 2. The minimum absolute atomic E-state index is 0.284. The summed E-state index contributed by atoms with van der Waals surface area (Å²) < 4.78 is 5.42. The molecule has 0 saturated carbocycles. The smallest absolute Gasteiger partial charge is 0.0783 e. The lowest BCUT2D eigenvalue weighted by molar-refractivity contribution is 0.0594. The van der Waals surface area contributed by atoms with Crippen LogP contribution < -0.4 is 0 Å². The van der Waals surface area contributed by atoms with Crippen molar-refractivity contribution in [3.8, 4) is 0 Å². The van der Waals surface area contributed by atoms with E-state index in [1.54, 1.807) is 7.11 Å². The lowest BCUT2D eigenvalue weighted by atomic mass is 10.1. The second-order valence-electron chi connectivity index (χ2n) is 2.73. The summed E-state index contributed by atoms with van der Waals surface area (Å²) >= 11 is 2.38. The van der Waals surface area contributed by atoms with E-state index in [0.29, 0.717) is 10.5 Å². The number of ether oxygens (including phenoxy) is 1. The summed E-state index contributed by atoms with van der Waals surface area (Å²) in [5, 5.41) is 9.32. The fraction of sp³-hybridized carbons (Fsp3) is 1.00. The summed E-state index contributed by atoms with van der Waals surface area (Å²) in [4.78, 5) is 0. The van der Waals surface area contributed by atoms with Gasteiger partial charge in [-0.2, -0.15) is 0 Å². The topological polar surface area (TPSA) is 29.5 Å². The molecule has 0 bridgehead atoms. The third kappa shape index (κ3) is 7.03. The second-order valence-corrected chi connectivity index (χ2v) is 4.49. The predicted molar refractivity (Wildman–Crippen MR) is 55.2 cm³/mol. The molecule has 0 aromatic heterocycles. The molecule has 2 unspecified atom stereocenters. The number of aliphatic hydroxyl groups excluding tert-OH is 1. The van der Waals surface area contributed by atoms with E-state index < -0.39 is 0 Å². The van der Waals surface area contributed by atoms with E-state index in [9.17, 15) is 5.11 Å². The molecular weight excluding hydrogens is 255 g/mol. The molecule has 0 radical (unpaired) electrons. The molecule has 0 aromatic carbocycles. The molecule has 0 saturated heterocycles. The molecule has 2 nitrogen and oxygen atoms in total. The third-order valence-electron chi connectivity index (χ3n) is 1.49. The highest BCUT2D eigenvalue weighted by Crippen LogP contribution is 2.14. The summed E-state index contributed by atoms with van der Waals surface area (Å²) in [6.07, 6.45) is 2.94. The van der Waals surface area contributed by atoms with Gasteiger partial charge < -0.3 is 9.84 Å².